The van der Waals surface area contributed by atoms with Crippen LogP contribution in [0.3, 0.4) is 0 Å². The maximum atomic E-state index is 11.8. The van der Waals surface area contributed by atoms with Gasteiger partial charge in [0.15, 0.2) is 0 Å². The third-order valence-corrected chi connectivity index (χ3v) is 4.00. The van der Waals surface area contributed by atoms with Crippen LogP contribution in [0.1, 0.15) is 5.56 Å². The molecule has 0 saturated heterocycles. The number of carbonyl (C=O) groups is 3. The summed E-state index contributed by atoms with van der Waals surface area (Å²) in [5, 5.41) is 20.5. The molecule has 8 heteroatoms. The highest BCUT2D eigenvalue weighted by Crippen LogP contribution is 2.48. The average molecular weight is 322 g/mol. The lowest BCUT2D eigenvalue weighted by Gasteiger charge is -2.09. The molecule has 1 saturated carbocycles. The van der Waals surface area contributed by atoms with Crippen LogP contribution in [0.2, 0.25) is 0 Å². The fourth-order valence-electron chi connectivity index (χ4n) is 2.65. The van der Waals surface area contributed by atoms with Crippen molar-refractivity contribution in [1.29, 1.82) is 0 Å². The van der Waals surface area contributed by atoms with E-state index in [-0.39, 0.29) is 6.61 Å². The number of ether oxygens (including phenoxy) is 1. The van der Waals surface area contributed by atoms with Gasteiger partial charge in [0, 0.05) is 17.5 Å². The van der Waals surface area contributed by atoms with Gasteiger partial charge in [-0.25, -0.2) is 4.79 Å². The third kappa shape index (κ3) is 3.78. The fourth-order valence-corrected chi connectivity index (χ4v) is 2.65. The molecule has 5 N–H and O–H groups in total. The van der Waals surface area contributed by atoms with E-state index in [1.807, 2.05) is 19.1 Å². The third-order valence-electron chi connectivity index (χ3n) is 4.00. The Bertz CT molecular complexity index is 632. The Labute approximate surface area is 132 Å². The predicted molar refractivity (Wildman–Crippen MR) is 79.9 cm³/mol. The molecule has 1 aromatic rings. The number of carboxylic acid groups (broad SMARTS) is 2. The molecule has 0 heterocycles. The van der Waals surface area contributed by atoms with E-state index in [0.29, 0.717) is 5.69 Å². The molecule has 8 nitrogen and oxygen atoms in total. The topological polar surface area (TPSA) is 139 Å². The number of carboxylic acids is 2. The van der Waals surface area contributed by atoms with Crippen molar-refractivity contribution in [1.82, 2.24) is 0 Å². The van der Waals surface area contributed by atoms with Crippen LogP contribution < -0.4 is 11.1 Å². The second kappa shape index (κ2) is 6.66. The first-order valence-corrected chi connectivity index (χ1v) is 7.03. The normalized spacial score (nSPS) is 23.7. The van der Waals surface area contributed by atoms with E-state index in [1.165, 1.54) is 0 Å². The van der Waals surface area contributed by atoms with Gasteiger partial charge in [-0.15, -0.1) is 0 Å². The summed E-state index contributed by atoms with van der Waals surface area (Å²) in [7, 11) is 0. The molecular weight excluding hydrogens is 304 g/mol. The van der Waals surface area contributed by atoms with Crippen LogP contribution in [0.15, 0.2) is 24.3 Å². The van der Waals surface area contributed by atoms with Crippen LogP contribution in [0.5, 0.6) is 0 Å². The van der Waals surface area contributed by atoms with Gasteiger partial charge in [0.1, 0.15) is 6.04 Å². The molecule has 0 spiro atoms. The molecule has 1 aliphatic rings. The molecule has 4 unspecified atom stereocenters. The SMILES string of the molecule is Cc1ccccc1NC(=O)OCC1C(C(=O)O)C1C(N)C(=O)O. The van der Waals surface area contributed by atoms with E-state index in [0.717, 1.165) is 5.56 Å². The zero-order valence-corrected chi connectivity index (χ0v) is 12.4. The lowest BCUT2D eigenvalue weighted by atomic mass is 10.1. The van der Waals surface area contributed by atoms with Gasteiger partial charge in [0.25, 0.3) is 0 Å². The van der Waals surface area contributed by atoms with Crippen LogP contribution in [-0.4, -0.2) is 40.9 Å². The molecule has 23 heavy (non-hydrogen) atoms. The van der Waals surface area contributed by atoms with Crippen molar-refractivity contribution in [2.75, 3.05) is 11.9 Å². The molecule has 1 aromatic carbocycles. The Morgan fingerprint density at radius 3 is 2.52 bits per heavy atom. The second-order valence-electron chi connectivity index (χ2n) is 5.51. The Balaban J connectivity index is 1.90. The van der Waals surface area contributed by atoms with Gasteiger partial charge in [-0.05, 0) is 18.6 Å². The number of nitrogens with two attached hydrogens (primary N) is 1. The summed E-state index contributed by atoms with van der Waals surface area (Å²) >= 11 is 0. The van der Waals surface area contributed by atoms with Crippen molar-refractivity contribution in [2.24, 2.45) is 23.5 Å². The number of benzene rings is 1. The number of rotatable bonds is 6. The van der Waals surface area contributed by atoms with Crippen molar-refractivity contribution < 1.29 is 29.3 Å². The quantitative estimate of drug-likeness (QED) is 0.610. The number of amides is 1. The zero-order valence-electron chi connectivity index (χ0n) is 12.4. The molecule has 124 valence electrons. The van der Waals surface area contributed by atoms with Crippen LogP contribution in [0, 0.1) is 24.7 Å². The standard InChI is InChI=1S/C15H18N2O6/c1-7-4-2-3-5-9(7)17-15(22)23-6-8-10(11(8)13(18)19)12(16)14(20)21/h2-5,8,10-12H,6,16H2,1H3,(H,17,22)(H,18,19)(H,20,21). The molecule has 0 radical (unpaired) electrons. The van der Waals surface area contributed by atoms with E-state index in [4.69, 9.17) is 20.7 Å². The average Bonchev–Trinajstić information content (AvgIpc) is 3.21. The monoisotopic (exact) mass is 322 g/mol. The summed E-state index contributed by atoms with van der Waals surface area (Å²) in [5.41, 5.74) is 6.91. The van der Waals surface area contributed by atoms with Gasteiger partial charge in [0.2, 0.25) is 0 Å². The molecule has 0 aromatic heterocycles. The number of hydrogen-bond donors (Lipinski definition) is 4. The number of aryl methyl sites for hydroxylation is 1. The molecule has 1 amide bonds. The Morgan fingerprint density at radius 1 is 1.30 bits per heavy atom. The van der Waals surface area contributed by atoms with Crippen molar-refractivity contribution in [2.45, 2.75) is 13.0 Å². The highest BCUT2D eigenvalue weighted by molar-refractivity contribution is 5.85. The lowest BCUT2D eigenvalue weighted by molar-refractivity contribution is -0.140. The Morgan fingerprint density at radius 2 is 1.96 bits per heavy atom. The van der Waals surface area contributed by atoms with Crippen LogP contribution in [0.4, 0.5) is 10.5 Å². The number of carbonyl (C=O) groups excluding carboxylic acids is 1. The van der Waals surface area contributed by atoms with Crippen LogP contribution >= 0.6 is 0 Å². The minimum Gasteiger partial charge on any atom is -0.481 e. The summed E-state index contributed by atoms with van der Waals surface area (Å²) < 4.78 is 5.00. The fraction of sp³-hybridized carbons (Fsp3) is 0.400. The summed E-state index contributed by atoms with van der Waals surface area (Å²) in [6, 6.07) is 5.82. The minimum absolute atomic E-state index is 0.194. The molecule has 1 aliphatic carbocycles. The molecule has 4 atom stereocenters. The second-order valence-corrected chi connectivity index (χ2v) is 5.51. The van der Waals surface area contributed by atoms with Gasteiger partial charge in [-0.3, -0.25) is 14.9 Å². The van der Waals surface area contributed by atoms with Crippen molar-refractivity contribution in [3.8, 4) is 0 Å². The van der Waals surface area contributed by atoms with Gasteiger partial charge in [-0.1, -0.05) is 18.2 Å². The first-order chi connectivity index (χ1) is 10.8. The van der Waals surface area contributed by atoms with E-state index < -0.39 is 41.8 Å². The van der Waals surface area contributed by atoms with Crippen LogP contribution in [-0.2, 0) is 14.3 Å². The van der Waals surface area contributed by atoms with E-state index in [2.05, 4.69) is 5.32 Å². The number of anilines is 1. The predicted octanol–water partition coefficient (Wildman–Crippen LogP) is 0.902. The molecule has 1 fully saturated rings. The largest absolute Gasteiger partial charge is 0.481 e. The maximum Gasteiger partial charge on any atom is 0.411 e. The van der Waals surface area contributed by atoms with Crippen molar-refractivity contribution >= 4 is 23.7 Å². The number of aliphatic carboxylic acids is 2. The van der Waals surface area contributed by atoms with Gasteiger partial charge >= 0.3 is 18.0 Å². The lowest BCUT2D eigenvalue weighted by Crippen LogP contribution is -2.34. The Hall–Kier alpha value is -2.61. The van der Waals surface area contributed by atoms with Crippen molar-refractivity contribution in [3.05, 3.63) is 29.8 Å². The summed E-state index contributed by atoms with van der Waals surface area (Å²) in [4.78, 5) is 33.7. The molecule has 2 rings (SSSR count). The smallest absolute Gasteiger partial charge is 0.411 e. The minimum atomic E-state index is -1.29. The van der Waals surface area contributed by atoms with Gasteiger partial charge in [-0.2, -0.15) is 0 Å². The highest BCUT2D eigenvalue weighted by atomic mass is 16.5. The highest BCUT2D eigenvalue weighted by Gasteiger charge is 2.60. The molecule has 0 aliphatic heterocycles. The van der Waals surface area contributed by atoms with E-state index >= 15 is 0 Å². The number of para-hydroxylation sites is 1. The zero-order chi connectivity index (χ0) is 17.1. The Kier molecular flexibility index (Phi) is 4.85. The number of nitrogens with one attached hydrogen (secondary N) is 1. The molecular formula is C15H18N2O6. The van der Waals surface area contributed by atoms with Gasteiger partial charge in [0.05, 0.1) is 12.5 Å². The van der Waals surface area contributed by atoms with Crippen molar-refractivity contribution in [3.63, 3.8) is 0 Å². The summed E-state index contributed by atoms with van der Waals surface area (Å²) in [5.74, 6) is -4.66. The van der Waals surface area contributed by atoms with Gasteiger partial charge < -0.3 is 20.7 Å². The summed E-state index contributed by atoms with van der Waals surface area (Å²) in [6.07, 6.45) is -0.724. The van der Waals surface area contributed by atoms with Crippen LogP contribution in [0.25, 0.3) is 0 Å². The first-order valence-electron chi connectivity index (χ1n) is 7.03. The number of hydrogen-bond acceptors (Lipinski definition) is 5. The van der Waals surface area contributed by atoms with E-state index in [9.17, 15) is 14.4 Å². The first kappa shape index (κ1) is 16.8. The van der Waals surface area contributed by atoms with E-state index in [1.54, 1.807) is 12.1 Å². The maximum absolute atomic E-state index is 11.8. The summed E-state index contributed by atoms with van der Waals surface area (Å²) in [6.45, 7) is 1.62. The molecule has 0 bridgehead atoms.